The standard InChI is InChI=1S/C15H26O2/c1-11(2)9-10-14-15(3,17-14)12-7-5-6-8-13(12)16-4/h9,12-14H,5-8,10H2,1-4H3. The van der Waals surface area contributed by atoms with Gasteiger partial charge in [0.15, 0.2) is 0 Å². The molecular formula is C15H26O2. The van der Waals surface area contributed by atoms with Gasteiger partial charge in [0.1, 0.15) is 0 Å². The third-order valence-corrected chi connectivity index (χ3v) is 4.46. The first-order valence-electron chi connectivity index (χ1n) is 6.92. The van der Waals surface area contributed by atoms with Gasteiger partial charge in [0.25, 0.3) is 0 Å². The maximum absolute atomic E-state index is 6.00. The normalized spacial score (nSPS) is 41.1. The van der Waals surface area contributed by atoms with Crippen LogP contribution in [-0.2, 0) is 9.47 Å². The summed E-state index contributed by atoms with van der Waals surface area (Å²) < 4.78 is 11.7. The summed E-state index contributed by atoms with van der Waals surface area (Å²) in [5.41, 5.74) is 1.46. The molecule has 1 saturated carbocycles. The minimum Gasteiger partial charge on any atom is -0.381 e. The summed E-state index contributed by atoms with van der Waals surface area (Å²) in [4.78, 5) is 0. The molecule has 0 aromatic rings. The van der Waals surface area contributed by atoms with Crippen molar-refractivity contribution in [1.82, 2.24) is 0 Å². The number of ether oxygens (including phenoxy) is 2. The molecule has 0 radical (unpaired) electrons. The van der Waals surface area contributed by atoms with Gasteiger partial charge in [-0.25, -0.2) is 0 Å². The van der Waals surface area contributed by atoms with Gasteiger partial charge in [0.2, 0.25) is 0 Å². The summed E-state index contributed by atoms with van der Waals surface area (Å²) in [6.07, 6.45) is 9.29. The number of methoxy groups -OCH3 is 1. The molecule has 0 aromatic heterocycles. The van der Waals surface area contributed by atoms with Crippen molar-refractivity contribution in [2.24, 2.45) is 5.92 Å². The maximum atomic E-state index is 6.00. The first-order chi connectivity index (χ1) is 8.08. The predicted octanol–water partition coefficient (Wildman–Crippen LogP) is 3.71. The fourth-order valence-electron chi connectivity index (χ4n) is 3.26. The van der Waals surface area contributed by atoms with Crippen molar-refractivity contribution in [3.8, 4) is 0 Å². The van der Waals surface area contributed by atoms with Crippen LogP contribution in [0.25, 0.3) is 0 Å². The molecule has 1 saturated heterocycles. The molecule has 2 rings (SSSR count). The molecule has 4 atom stereocenters. The molecular weight excluding hydrogens is 212 g/mol. The smallest absolute Gasteiger partial charge is 0.0976 e. The van der Waals surface area contributed by atoms with Gasteiger partial charge in [-0.1, -0.05) is 24.5 Å². The lowest BCUT2D eigenvalue weighted by atomic mass is 9.76. The fourth-order valence-corrected chi connectivity index (χ4v) is 3.26. The Kier molecular flexibility index (Phi) is 3.94. The quantitative estimate of drug-likeness (QED) is 0.550. The Bertz CT molecular complexity index is 293. The molecule has 2 nitrogen and oxygen atoms in total. The summed E-state index contributed by atoms with van der Waals surface area (Å²) in [5, 5.41) is 0. The van der Waals surface area contributed by atoms with Gasteiger partial charge in [-0.2, -0.15) is 0 Å². The number of hydrogen-bond donors (Lipinski definition) is 0. The van der Waals surface area contributed by atoms with Gasteiger partial charge in [-0.3, -0.25) is 0 Å². The topological polar surface area (TPSA) is 21.8 Å². The van der Waals surface area contributed by atoms with E-state index in [0.717, 1.165) is 6.42 Å². The van der Waals surface area contributed by atoms with Crippen LogP contribution in [0.1, 0.15) is 52.9 Å². The van der Waals surface area contributed by atoms with E-state index in [-0.39, 0.29) is 5.60 Å². The van der Waals surface area contributed by atoms with Gasteiger partial charge >= 0.3 is 0 Å². The molecule has 1 heterocycles. The molecule has 0 spiro atoms. The van der Waals surface area contributed by atoms with Crippen LogP contribution in [0.4, 0.5) is 0 Å². The average Bonchev–Trinajstić information content (AvgIpc) is 2.99. The number of epoxide rings is 1. The lowest BCUT2D eigenvalue weighted by molar-refractivity contribution is -0.00777. The predicted molar refractivity (Wildman–Crippen MR) is 70.1 cm³/mol. The highest BCUT2D eigenvalue weighted by Crippen LogP contribution is 2.50. The van der Waals surface area contributed by atoms with Crippen molar-refractivity contribution in [3.63, 3.8) is 0 Å². The summed E-state index contributed by atoms with van der Waals surface area (Å²) in [5.74, 6) is 0.594. The minimum atomic E-state index is 0.0764. The van der Waals surface area contributed by atoms with Crippen LogP contribution in [0.3, 0.4) is 0 Å². The highest BCUT2D eigenvalue weighted by Gasteiger charge is 2.58. The first-order valence-corrected chi connectivity index (χ1v) is 6.92. The highest BCUT2D eigenvalue weighted by molar-refractivity contribution is 5.10. The monoisotopic (exact) mass is 238 g/mol. The molecule has 0 aromatic carbocycles. The van der Waals surface area contributed by atoms with Crippen LogP contribution in [-0.4, -0.2) is 24.9 Å². The number of allylic oxidation sites excluding steroid dienone is 1. The van der Waals surface area contributed by atoms with E-state index in [0.29, 0.717) is 18.1 Å². The van der Waals surface area contributed by atoms with Crippen LogP contribution in [0.15, 0.2) is 11.6 Å². The molecule has 1 aliphatic heterocycles. The van der Waals surface area contributed by atoms with E-state index in [2.05, 4.69) is 26.8 Å². The third kappa shape index (κ3) is 2.74. The summed E-state index contributed by atoms with van der Waals surface area (Å²) in [6.45, 7) is 6.58. The van der Waals surface area contributed by atoms with E-state index in [4.69, 9.17) is 9.47 Å². The summed E-state index contributed by atoms with van der Waals surface area (Å²) in [6, 6.07) is 0. The Morgan fingerprint density at radius 1 is 1.35 bits per heavy atom. The number of rotatable bonds is 4. The highest BCUT2D eigenvalue weighted by atomic mass is 16.6. The van der Waals surface area contributed by atoms with Crippen LogP contribution >= 0.6 is 0 Å². The zero-order valence-electron chi connectivity index (χ0n) is 11.7. The van der Waals surface area contributed by atoms with Crippen LogP contribution in [0.5, 0.6) is 0 Å². The summed E-state index contributed by atoms with van der Waals surface area (Å²) in [7, 11) is 1.85. The van der Waals surface area contributed by atoms with Crippen LogP contribution in [0, 0.1) is 5.92 Å². The van der Waals surface area contributed by atoms with Crippen molar-refractivity contribution in [3.05, 3.63) is 11.6 Å². The molecule has 0 bridgehead atoms. The molecule has 4 unspecified atom stereocenters. The second-order valence-corrected chi connectivity index (χ2v) is 5.97. The lowest BCUT2D eigenvalue weighted by Gasteiger charge is -2.33. The molecule has 2 heteroatoms. The largest absolute Gasteiger partial charge is 0.381 e. The third-order valence-electron chi connectivity index (χ3n) is 4.46. The molecule has 0 amide bonds. The molecule has 98 valence electrons. The molecule has 2 aliphatic rings. The molecule has 17 heavy (non-hydrogen) atoms. The molecule has 0 N–H and O–H groups in total. The Hall–Kier alpha value is -0.340. The van der Waals surface area contributed by atoms with E-state index in [9.17, 15) is 0 Å². The zero-order chi connectivity index (χ0) is 12.5. The first kappa shape index (κ1) is 13.1. The van der Waals surface area contributed by atoms with E-state index in [1.807, 2.05) is 7.11 Å². The minimum absolute atomic E-state index is 0.0764. The van der Waals surface area contributed by atoms with Gasteiger partial charge in [-0.05, 0) is 40.0 Å². The lowest BCUT2D eigenvalue weighted by Crippen LogP contribution is -2.37. The second-order valence-electron chi connectivity index (χ2n) is 5.97. The van der Waals surface area contributed by atoms with Gasteiger partial charge in [-0.15, -0.1) is 0 Å². The van der Waals surface area contributed by atoms with E-state index >= 15 is 0 Å². The van der Waals surface area contributed by atoms with Gasteiger partial charge < -0.3 is 9.47 Å². The van der Waals surface area contributed by atoms with Crippen molar-refractivity contribution in [2.75, 3.05) is 7.11 Å². The van der Waals surface area contributed by atoms with Gasteiger partial charge in [0.05, 0.1) is 17.8 Å². The number of hydrogen-bond acceptors (Lipinski definition) is 2. The van der Waals surface area contributed by atoms with Crippen molar-refractivity contribution < 1.29 is 9.47 Å². The Balaban J connectivity index is 1.95. The molecule has 2 fully saturated rings. The van der Waals surface area contributed by atoms with E-state index in [1.165, 1.54) is 31.3 Å². The second kappa shape index (κ2) is 5.11. The zero-order valence-corrected chi connectivity index (χ0v) is 11.7. The molecule has 1 aliphatic carbocycles. The Morgan fingerprint density at radius 3 is 2.71 bits per heavy atom. The fraction of sp³-hybridized carbons (Fsp3) is 0.867. The van der Waals surface area contributed by atoms with Crippen LogP contribution in [0.2, 0.25) is 0 Å². The van der Waals surface area contributed by atoms with Crippen molar-refractivity contribution in [1.29, 1.82) is 0 Å². The van der Waals surface area contributed by atoms with Crippen molar-refractivity contribution in [2.45, 2.75) is 70.7 Å². The summed E-state index contributed by atoms with van der Waals surface area (Å²) >= 11 is 0. The maximum Gasteiger partial charge on any atom is 0.0976 e. The SMILES string of the molecule is COC1CCCCC1C1(C)OC1CC=C(C)C. The Morgan fingerprint density at radius 2 is 2.06 bits per heavy atom. The van der Waals surface area contributed by atoms with E-state index < -0.39 is 0 Å². The Labute approximate surface area is 105 Å². The van der Waals surface area contributed by atoms with E-state index in [1.54, 1.807) is 0 Å². The van der Waals surface area contributed by atoms with Crippen LogP contribution < -0.4 is 0 Å². The van der Waals surface area contributed by atoms with Gasteiger partial charge in [0, 0.05) is 13.0 Å². The van der Waals surface area contributed by atoms with Crippen molar-refractivity contribution >= 4 is 0 Å². The average molecular weight is 238 g/mol.